The lowest BCUT2D eigenvalue weighted by Crippen LogP contribution is -2.21. The third-order valence-corrected chi connectivity index (χ3v) is 13.7. The first kappa shape index (κ1) is 40.6. The third kappa shape index (κ3) is 8.03. The molecule has 2 heterocycles. The molecule has 0 radical (unpaired) electrons. The van der Waals surface area contributed by atoms with Crippen molar-refractivity contribution in [3.63, 3.8) is 0 Å². The van der Waals surface area contributed by atoms with Crippen LogP contribution in [0.1, 0.15) is 35.8 Å². The van der Waals surface area contributed by atoms with Gasteiger partial charge in [-0.25, -0.2) is 0 Å². The lowest BCUT2D eigenvalue weighted by molar-refractivity contribution is 0.464. The van der Waals surface area contributed by atoms with Gasteiger partial charge in [0, 0.05) is 42.8 Å². The maximum atomic E-state index is 6.29. The molecule has 1 aliphatic carbocycles. The lowest BCUT2D eigenvalue weighted by atomic mass is 9.68. The molecule has 3 heteroatoms. The molecule has 0 fully saturated rings. The zero-order valence-corrected chi connectivity index (χ0v) is 37.1. The number of benzene rings is 7. The Morgan fingerprint density at radius 2 is 1.25 bits per heavy atom. The molecule has 1 unspecified atom stereocenters. The molecule has 0 saturated carbocycles. The number of aryl methyl sites for hydroxylation is 1. The van der Waals surface area contributed by atoms with E-state index in [1.807, 2.05) is 29.6 Å². The van der Waals surface area contributed by atoms with Gasteiger partial charge in [0.2, 0.25) is 0 Å². The first-order valence-corrected chi connectivity index (χ1v) is 22.9. The van der Waals surface area contributed by atoms with E-state index in [-0.39, 0.29) is 5.41 Å². The van der Waals surface area contributed by atoms with Crippen molar-refractivity contribution in [3.8, 4) is 11.1 Å². The van der Waals surface area contributed by atoms with E-state index < -0.39 is 0 Å². The summed E-state index contributed by atoms with van der Waals surface area (Å²) in [6.07, 6.45) is 16.8. The molecule has 64 heavy (non-hydrogen) atoms. The molecular weight excluding hydrogens is 795 g/mol. The Bertz CT molecular complexity index is 3360. The Kier molecular flexibility index (Phi) is 11.2. The van der Waals surface area contributed by atoms with Crippen LogP contribution in [0.25, 0.3) is 65.1 Å². The van der Waals surface area contributed by atoms with Gasteiger partial charge in [0.15, 0.2) is 0 Å². The minimum atomic E-state index is -0.157. The number of allylic oxidation sites excluding steroid dienone is 9. The van der Waals surface area contributed by atoms with Crippen LogP contribution in [-0.4, -0.2) is 0 Å². The first-order chi connectivity index (χ1) is 31.5. The minimum Gasteiger partial charge on any atom is -0.456 e. The summed E-state index contributed by atoms with van der Waals surface area (Å²) in [5.74, 6) is 0. The number of rotatable bonds is 10. The number of hydrogen-bond acceptors (Lipinski definition) is 3. The molecule has 310 valence electrons. The fourth-order valence-corrected chi connectivity index (χ4v) is 10.4. The summed E-state index contributed by atoms with van der Waals surface area (Å²) in [5.41, 5.74) is 12.6. The molecule has 2 nitrogen and oxygen atoms in total. The summed E-state index contributed by atoms with van der Waals surface area (Å²) >= 11 is 1.83. The van der Waals surface area contributed by atoms with Crippen molar-refractivity contribution in [2.75, 3.05) is 4.90 Å². The molecule has 0 N–H and O–H groups in total. The molecule has 7 aromatic carbocycles. The highest BCUT2D eigenvalue weighted by Gasteiger charge is 2.33. The van der Waals surface area contributed by atoms with Gasteiger partial charge >= 0.3 is 0 Å². The van der Waals surface area contributed by atoms with Gasteiger partial charge in [-0.15, -0.1) is 11.3 Å². The number of nitrogens with zero attached hydrogens (tertiary/aromatic N) is 1. The predicted molar refractivity (Wildman–Crippen MR) is 277 cm³/mol. The Labute approximate surface area is 380 Å². The van der Waals surface area contributed by atoms with Crippen LogP contribution in [0.4, 0.5) is 17.1 Å². The number of furan rings is 1. The molecule has 0 aliphatic heterocycles. The van der Waals surface area contributed by atoms with Crippen LogP contribution in [-0.2, 0) is 0 Å². The van der Waals surface area contributed by atoms with Crippen LogP contribution < -0.4 is 4.90 Å². The van der Waals surface area contributed by atoms with Gasteiger partial charge in [-0.3, -0.25) is 0 Å². The van der Waals surface area contributed by atoms with Crippen LogP contribution in [0.2, 0.25) is 0 Å². The van der Waals surface area contributed by atoms with E-state index in [9.17, 15) is 0 Å². The van der Waals surface area contributed by atoms with E-state index >= 15 is 0 Å². The summed E-state index contributed by atoms with van der Waals surface area (Å²) in [4.78, 5) is 3.62. The van der Waals surface area contributed by atoms with Crippen molar-refractivity contribution in [1.29, 1.82) is 0 Å². The van der Waals surface area contributed by atoms with E-state index in [2.05, 4.69) is 232 Å². The van der Waals surface area contributed by atoms with Crippen LogP contribution in [0.5, 0.6) is 0 Å². The van der Waals surface area contributed by atoms with Crippen LogP contribution in [0, 0.1) is 12.3 Å². The van der Waals surface area contributed by atoms with Gasteiger partial charge in [-0.2, -0.15) is 0 Å². The van der Waals surface area contributed by atoms with Crippen molar-refractivity contribution in [1.82, 2.24) is 0 Å². The average molecular weight is 844 g/mol. The maximum Gasteiger partial charge on any atom is 0.136 e. The van der Waals surface area contributed by atoms with Crippen molar-refractivity contribution in [2.24, 2.45) is 5.41 Å². The Hall–Kier alpha value is -7.46. The normalized spacial score (nSPS) is 15.2. The number of anilines is 3. The Balaban J connectivity index is 1.01. The van der Waals surface area contributed by atoms with Crippen LogP contribution in [0.15, 0.2) is 236 Å². The summed E-state index contributed by atoms with van der Waals surface area (Å²) in [6.45, 7) is 8.50. The van der Waals surface area contributed by atoms with Gasteiger partial charge in [-0.05, 0) is 130 Å². The average Bonchev–Trinajstić information content (AvgIpc) is 3.75. The van der Waals surface area contributed by atoms with Gasteiger partial charge in [-0.1, -0.05) is 177 Å². The number of para-hydroxylation sites is 2. The minimum absolute atomic E-state index is 0.157. The summed E-state index contributed by atoms with van der Waals surface area (Å²) in [6, 6.07) is 65.7. The standard InChI is InChI=1S/C61H49NOS/c1-4-5-6-7-17-40-61(3)42-49(48-27-26-45-33-39-58-60(55(45)41-48)54-23-14-15-24-57(54)63-58)32-38-56(61)46-30-36-52(37-31-46)62(50-20-9-8-10-21-50)51-34-28-44(29-35-51)53-22-13-11-18-47-19-12-16-25-59(47)64-43(53)2/h4-39,41H,1,40,42H2,2-3H3/b6-5-,17-7-,18-11?,22-13?,53-43?. The van der Waals surface area contributed by atoms with Crippen molar-refractivity contribution in [2.45, 2.75) is 26.7 Å². The van der Waals surface area contributed by atoms with E-state index in [1.165, 1.54) is 64.5 Å². The molecule has 0 spiro atoms. The lowest BCUT2D eigenvalue weighted by Gasteiger charge is -2.36. The fourth-order valence-electron chi connectivity index (χ4n) is 9.34. The van der Waals surface area contributed by atoms with Crippen molar-refractivity contribution in [3.05, 3.63) is 247 Å². The second-order valence-corrected chi connectivity index (χ2v) is 18.1. The highest BCUT2D eigenvalue weighted by molar-refractivity contribution is 7.18. The number of hydrogen-bond donors (Lipinski definition) is 0. The molecule has 0 saturated heterocycles. The quantitative estimate of drug-likeness (QED) is 0.128. The second-order valence-electron chi connectivity index (χ2n) is 16.8. The Morgan fingerprint density at radius 1 is 0.594 bits per heavy atom. The SMILES string of the molecule is C=C/C=C\C=C/CC1(C)CC(c2ccc3ccc4oc5ccccc5c4c3c2)=CC=C1c1ccc(N(c2ccccc2)c2ccc(-c3ccccc4ccccc4sc3C)cc2)cc1. The molecule has 9 aromatic rings. The zero-order chi connectivity index (χ0) is 43.5. The van der Waals surface area contributed by atoms with E-state index in [0.717, 1.165) is 46.5 Å². The Morgan fingerprint density at radius 3 is 2.03 bits per heavy atom. The van der Waals surface area contributed by atoms with Crippen molar-refractivity contribution < 1.29 is 4.42 Å². The topological polar surface area (TPSA) is 16.4 Å². The summed E-state index contributed by atoms with van der Waals surface area (Å²) in [7, 11) is 0. The van der Waals surface area contributed by atoms with Gasteiger partial charge in [0.05, 0.1) is 0 Å². The molecule has 1 aliphatic rings. The highest BCUT2D eigenvalue weighted by atomic mass is 32.1. The largest absolute Gasteiger partial charge is 0.456 e. The van der Waals surface area contributed by atoms with Gasteiger partial charge in [0.25, 0.3) is 0 Å². The molecule has 1 atom stereocenters. The third-order valence-electron chi connectivity index (χ3n) is 12.6. The van der Waals surface area contributed by atoms with E-state index in [4.69, 9.17) is 4.42 Å². The predicted octanol–water partition coefficient (Wildman–Crippen LogP) is 18.1. The highest BCUT2D eigenvalue weighted by Crippen LogP contribution is 2.49. The summed E-state index contributed by atoms with van der Waals surface area (Å²) < 4.78 is 7.55. The monoisotopic (exact) mass is 843 g/mol. The van der Waals surface area contributed by atoms with Crippen LogP contribution >= 0.6 is 11.3 Å². The summed E-state index contributed by atoms with van der Waals surface area (Å²) in [5, 5.41) is 6.02. The van der Waals surface area contributed by atoms with Crippen molar-refractivity contribution >= 4 is 82.3 Å². The van der Waals surface area contributed by atoms with E-state index in [1.54, 1.807) is 0 Å². The fraction of sp³-hybridized carbons (Fsp3) is 0.0820. The van der Waals surface area contributed by atoms with E-state index in [0.29, 0.717) is 0 Å². The first-order valence-electron chi connectivity index (χ1n) is 22.0. The molecule has 0 bridgehead atoms. The maximum absolute atomic E-state index is 6.29. The molecule has 0 amide bonds. The second kappa shape index (κ2) is 17.7. The molecule has 10 rings (SSSR count). The van der Waals surface area contributed by atoms with Crippen LogP contribution in [0.3, 0.4) is 0 Å². The molecular formula is C61H49NOS. The number of fused-ring (bicyclic) bond motifs is 6. The zero-order valence-electron chi connectivity index (χ0n) is 36.2. The van der Waals surface area contributed by atoms with Gasteiger partial charge in [0.1, 0.15) is 11.2 Å². The smallest absolute Gasteiger partial charge is 0.136 e. The molecule has 2 aromatic heterocycles. The van der Waals surface area contributed by atoms with Gasteiger partial charge < -0.3 is 9.32 Å².